The summed E-state index contributed by atoms with van der Waals surface area (Å²) in [6.45, 7) is 6.13. The predicted octanol–water partition coefficient (Wildman–Crippen LogP) is 2.55. The van der Waals surface area contributed by atoms with E-state index in [1.54, 1.807) is 0 Å². The van der Waals surface area contributed by atoms with Crippen LogP contribution in [0.15, 0.2) is 24.3 Å². The van der Waals surface area contributed by atoms with Crippen LogP contribution in [-0.4, -0.2) is 44.3 Å². The number of benzene rings is 1. The lowest BCUT2D eigenvalue weighted by Crippen LogP contribution is -2.48. The minimum absolute atomic E-state index is 0.253. The van der Waals surface area contributed by atoms with E-state index in [4.69, 9.17) is 4.74 Å². The topological polar surface area (TPSA) is 24.5 Å². The number of rotatable bonds is 5. The first-order valence-electron chi connectivity index (χ1n) is 7.93. The lowest BCUT2D eigenvalue weighted by Gasteiger charge is -2.41. The largest absolute Gasteiger partial charge is 0.374 e. The Kier molecular flexibility index (Phi) is 4.39. The fraction of sp³-hybridized carbons (Fsp3) is 0.647. The van der Waals surface area contributed by atoms with Crippen LogP contribution >= 0.6 is 0 Å². The molecule has 1 heterocycles. The summed E-state index contributed by atoms with van der Waals surface area (Å²) < 4.78 is 6.03. The Morgan fingerprint density at radius 1 is 1.30 bits per heavy atom. The molecule has 2 aliphatic rings. The molecule has 2 atom stereocenters. The molecule has 1 N–H and O–H groups in total. The molecule has 110 valence electrons. The van der Waals surface area contributed by atoms with Crippen LogP contribution in [0.25, 0.3) is 0 Å². The van der Waals surface area contributed by atoms with Crippen molar-refractivity contribution in [2.75, 3.05) is 33.3 Å². The molecule has 0 radical (unpaired) electrons. The molecule has 0 amide bonds. The highest BCUT2D eigenvalue weighted by molar-refractivity contribution is 5.32. The molecule has 1 saturated carbocycles. The zero-order valence-electron chi connectivity index (χ0n) is 12.6. The van der Waals surface area contributed by atoms with E-state index in [1.807, 2.05) is 7.05 Å². The third-order valence-corrected chi connectivity index (χ3v) is 4.57. The van der Waals surface area contributed by atoms with Crippen LogP contribution in [0.2, 0.25) is 0 Å². The molecule has 2 fully saturated rings. The number of morpholine rings is 1. The molecular weight excluding hydrogens is 248 g/mol. The Hall–Kier alpha value is -0.900. The first kappa shape index (κ1) is 14.1. The summed E-state index contributed by atoms with van der Waals surface area (Å²) >= 11 is 0. The molecule has 2 unspecified atom stereocenters. The third kappa shape index (κ3) is 2.90. The summed E-state index contributed by atoms with van der Waals surface area (Å²) in [6.07, 6.45) is 2.98. The Morgan fingerprint density at radius 3 is 2.80 bits per heavy atom. The smallest absolute Gasteiger partial charge is 0.0896 e. The van der Waals surface area contributed by atoms with Gasteiger partial charge in [-0.05, 0) is 43.5 Å². The Morgan fingerprint density at radius 2 is 2.10 bits per heavy atom. The minimum Gasteiger partial charge on any atom is -0.374 e. The molecule has 1 aliphatic carbocycles. The van der Waals surface area contributed by atoms with Crippen molar-refractivity contribution in [3.05, 3.63) is 35.4 Å². The van der Waals surface area contributed by atoms with Crippen molar-refractivity contribution in [1.82, 2.24) is 10.2 Å². The van der Waals surface area contributed by atoms with Gasteiger partial charge in [0, 0.05) is 13.1 Å². The van der Waals surface area contributed by atoms with Crippen LogP contribution < -0.4 is 5.32 Å². The minimum atomic E-state index is 0.253. The zero-order valence-corrected chi connectivity index (χ0v) is 12.6. The van der Waals surface area contributed by atoms with Crippen molar-refractivity contribution < 1.29 is 4.74 Å². The van der Waals surface area contributed by atoms with Gasteiger partial charge in [-0.25, -0.2) is 0 Å². The molecule has 1 aliphatic heterocycles. The molecule has 1 aromatic carbocycles. The number of ether oxygens (including phenoxy) is 1. The van der Waals surface area contributed by atoms with Gasteiger partial charge in [0.15, 0.2) is 0 Å². The zero-order chi connectivity index (χ0) is 13.9. The van der Waals surface area contributed by atoms with Crippen molar-refractivity contribution in [1.29, 1.82) is 0 Å². The standard InChI is InChI=1S/C17H26N2O/c1-3-19-9-10-20-16(12-18-2)17(19)15-6-4-5-14(11-15)13-7-8-13/h4-6,11,13,16-18H,3,7-10,12H2,1-2H3. The predicted molar refractivity (Wildman–Crippen MR) is 82.1 cm³/mol. The van der Waals surface area contributed by atoms with Crippen molar-refractivity contribution in [2.45, 2.75) is 37.8 Å². The fourth-order valence-electron chi connectivity index (χ4n) is 3.35. The monoisotopic (exact) mass is 274 g/mol. The van der Waals surface area contributed by atoms with Crippen molar-refractivity contribution in [3.63, 3.8) is 0 Å². The molecule has 0 spiro atoms. The summed E-state index contributed by atoms with van der Waals surface area (Å²) in [6, 6.07) is 9.59. The summed E-state index contributed by atoms with van der Waals surface area (Å²) in [5.74, 6) is 0.817. The average Bonchev–Trinajstić information content (AvgIpc) is 3.32. The first-order chi connectivity index (χ1) is 9.83. The highest BCUT2D eigenvalue weighted by Gasteiger charge is 2.33. The second kappa shape index (κ2) is 6.25. The second-order valence-corrected chi connectivity index (χ2v) is 5.98. The Labute approximate surface area is 122 Å². The first-order valence-corrected chi connectivity index (χ1v) is 7.93. The van der Waals surface area contributed by atoms with Crippen LogP contribution in [-0.2, 0) is 4.74 Å². The Balaban J connectivity index is 1.87. The van der Waals surface area contributed by atoms with Gasteiger partial charge < -0.3 is 10.1 Å². The highest BCUT2D eigenvalue weighted by atomic mass is 16.5. The van der Waals surface area contributed by atoms with Crippen molar-refractivity contribution in [3.8, 4) is 0 Å². The van der Waals surface area contributed by atoms with Crippen LogP contribution in [0.3, 0.4) is 0 Å². The number of hydrogen-bond acceptors (Lipinski definition) is 3. The maximum atomic E-state index is 6.03. The molecule has 3 nitrogen and oxygen atoms in total. The fourth-order valence-corrected chi connectivity index (χ4v) is 3.35. The van der Waals surface area contributed by atoms with Crippen LogP contribution in [0.1, 0.15) is 42.9 Å². The molecule has 3 rings (SSSR count). The quantitative estimate of drug-likeness (QED) is 0.893. The molecule has 3 heteroatoms. The van der Waals surface area contributed by atoms with E-state index in [2.05, 4.69) is 41.4 Å². The highest BCUT2D eigenvalue weighted by Crippen LogP contribution is 2.41. The summed E-state index contributed by atoms with van der Waals surface area (Å²) in [4.78, 5) is 2.55. The van der Waals surface area contributed by atoms with Gasteiger partial charge in [0.1, 0.15) is 0 Å². The number of nitrogens with one attached hydrogen (secondary N) is 1. The Bertz CT molecular complexity index is 442. The van der Waals surface area contributed by atoms with E-state index < -0.39 is 0 Å². The normalized spacial score (nSPS) is 27.7. The summed E-state index contributed by atoms with van der Waals surface area (Å²) in [5, 5.41) is 3.28. The van der Waals surface area contributed by atoms with Gasteiger partial charge in [0.05, 0.1) is 18.8 Å². The van der Waals surface area contributed by atoms with E-state index in [-0.39, 0.29) is 6.10 Å². The molecule has 1 aromatic rings. The molecule has 0 aromatic heterocycles. The van der Waals surface area contributed by atoms with E-state index in [1.165, 1.54) is 24.0 Å². The average molecular weight is 274 g/mol. The molecular formula is C17H26N2O. The van der Waals surface area contributed by atoms with Crippen molar-refractivity contribution >= 4 is 0 Å². The van der Waals surface area contributed by atoms with E-state index in [9.17, 15) is 0 Å². The van der Waals surface area contributed by atoms with E-state index in [0.29, 0.717) is 6.04 Å². The van der Waals surface area contributed by atoms with Crippen LogP contribution in [0.5, 0.6) is 0 Å². The third-order valence-electron chi connectivity index (χ3n) is 4.57. The van der Waals surface area contributed by atoms with Gasteiger partial charge >= 0.3 is 0 Å². The second-order valence-electron chi connectivity index (χ2n) is 5.98. The maximum absolute atomic E-state index is 6.03. The van der Waals surface area contributed by atoms with Gasteiger partial charge in [0.2, 0.25) is 0 Å². The van der Waals surface area contributed by atoms with Crippen molar-refractivity contribution in [2.24, 2.45) is 0 Å². The van der Waals surface area contributed by atoms with Gasteiger partial charge in [-0.15, -0.1) is 0 Å². The van der Waals surface area contributed by atoms with Gasteiger partial charge in [-0.2, -0.15) is 0 Å². The maximum Gasteiger partial charge on any atom is 0.0896 e. The SMILES string of the molecule is CCN1CCOC(CNC)C1c1cccc(C2CC2)c1. The summed E-state index contributed by atoms with van der Waals surface area (Å²) in [5.41, 5.74) is 2.95. The lowest BCUT2D eigenvalue weighted by molar-refractivity contribution is -0.0686. The molecule has 20 heavy (non-hydrogen) atoms. The van der Waals surface area contributed by atoms with Crippen LogP contribution in [0, 0.1) is 0 Å². The van der Waals surface area contributed by atoms with E-state index >= 15 is 0 Å². The summed E-state index contributed by atoms with van der Waals surface area (Å²) in [7, 11) is 2.01. The molecule has 1 saturated heterocycles. The number of likely N-dealkylation sites (N-methyl/N-ethyl adjacent to an activating group) is 2. The number of nitrogens with zero attached hydrogens (tertiary/aromatic N) is 1. The van der Waals surface area contributed by atoms with Gasteiger partial charge in [0.25, 0.3) is 0 Å². The van der Waals surface area contributed by atoms with Gasteiger partial charge in [-0.1, -0.05) is 31.2 Å². The number of hydrogen-bond donors (Lipinski definition) is 1. The van der Waals surface area contributed by atoms with Gasteiger partial charge in [-0.3, -0.25) is 4.90 Å². The van der Waals surface area contributed by atoms with Crippen LogP contribution in [0.4, 0.5) is 0 Å². The molecule has 0 bridgehead atoms. The lowest BCUT2D eigenvalue weighted by atomic mass is 9.95. The van der Waals surface area contributed by atoms with E-state index in [0.717, 1.165) is 32.2 Å².